The SMILES string of the molecule is S=C1C(c2ccccc2)=C(c2ccccc2)C(c2ccccc2)=C1c1ccccc1. The Morgan fingerprint density at radius 1 is 0.300 bits per heavy atom. The first-order valence-electron chi connectivity index (χ1n) is 10.1. The van der Waals surface area contributed by atoms with Gasteiger partial charge in [0.25, 0.3) is 0 Å². The molecule has 5 rings (SSSR count). The Morgan fingerprint density at radius 2 is 0.533 bits per heavy atom. The Balaban J connectivity index is 1.88. The molecule has 0 fully saturated rings. The van der Waals surface area contributed by atoms with Crippen molar-refractivity contribution < 1.29 is 0 Å². The molecule has 0 spiro atoms. The molecule has 142 valence electrons. The van der Waals surface area contributed by atoms with E-state index in [1.54, 1.807) is 0 Å². The summed E-state index contributed by atoms with van der Waals surface area (Å²) in [5.41, 5.74) is 9.35. The van der Waals surface area contributed by atoms with Crippen molar-refractivity contribution in [3.8, 4) is 0 Å². The van der Waals surface area contributed by atoms with Crippen LogP contribution in [-0.2, 0) is 0 Å². The molecule has 4 aromatic rings. The van der Waals surface area contributed by atoms with E-state index in [0.29, 0.717) is 0 Å². The fourth-order valence-electron chi connectivity index (χ4n) is 4.15. The van der Waals surface area contributed by atoms with E-state index in [4.69, 9.17) is 12.2 Å². The van der Waals surface area contributed by atoms with Crippen molar-refractivity contribution in [2.45, 2.75) is 0 Å². The van der Waals surface area contributed by atoms with E-state index in [-0.39, 0.29) is 0 Å². The van der Waals surface area contributed by atoms with Crippen molar-refractivity contribution in [3.05, 3.63) is 144 Å². The molecule has 0 bridgehead atoms. The van der Waals surface area contributed by atoms with Gasteiger partial charge < -0.3 is 0 Å². The summed E-state index contributed by atoms with van der Waals surface area (Å²) in [5, 5.41) is 0. The lowest BCUT2D eigenvalue weighted by molar-refractivity contribution is 1.58. The fraction of sp³-hybridized carbons (Fsp3) is 0. The van der Waals surface area contributed by atoms with Gasteiger partial charge in [-0.05, 0) is 33.4 Å². The summed E-state index contributed by atoms with van der Waals surface area (Å²) >= 11 is 6.16. The quantitative estimate of drug-likeness (QED) is 0.318. The van der Waals surface area contributed by atoms with Crippen molar-refractivity contribution in [3.63, 3.8) is 0 Å². The van der Waals surface area contributed by atoms with E-state index >= 15 is 0 Å². The molecule has 0 aliphatic heterocycles. The first-order valence-corrected chi connectivity index (χ1v) is 10.5. The van der Waals surface area contributed by atoms with Crippen molar-refractivity contribution in [2.24, 2.45) is 0 Å². The van der Waals surface area contributed by atoms with Gasteiger partial charge in [0, 0.05) is 11.1 Å². The van der Waals surface area contributed by atoms with Crippen LogP contribution in [0.4, 0.5) is 0 Å². The molecule has 1 aliphatic rings. The van der Waals surface area contributed by atoms with E-state index < -0.39 is 0 Å². The minimum atomic E-state index is 0.908. The Labute approximate surface area is 182 Å². The predicted octanol–water partition coefficient (Wildman–Crippen LogP) is 7.59. The van der Waals surface area contributed by atoms with Gasteiger partial charge in [0.1, 0.15) is 0 Å². The van der Waals surface area contributed by atoms with E-state index in [9.17, 15) is 0 Å². The van der Waals surface area contributed by atoms with Crippen LogP contribution in [0.15, 0.2) is 121 Å². The lowest BCUT2D eigenvalue weighted by Crippen LogP contribution is -1.99. The van der Waals surface area contributed by atoms with Crippen LogP contribution in [0.25, 0.3) is 22.3 Å². The minimum Gasteiger partial charge on any atom is -0.0787 e. The summed E-state index contributed by atoms with van der Waals surface area (Å²) in [6.07, 6.45) is 0. The third-order valence-corrected chi connectivity index (χ3v) is 5.86. The van der Waals surface area contributed by atoms with Gasteiger partial charge in [-0.3, -0.25) is 0 Å². The van der Waals surface area contributed by atoms with Crippen LogP contribution in [0, 0.1) is 0 Å². The molecular weight excluding hydrogens is 380 g/mol. The van der Waals surface area contributed by atoms with E-state index in [2.05, 4.69) is 109 Å². The van der Waals surface area contributed by atoms with Crippen molar-refractivity contribution in [1.29, 1.82) is 0 Å². The third-order valence-electron chi connectivity index (χ3n) is 5.45. The zero-order valence-electron chi connectivity index (χ0n) is 16.5. The van der Waals surface area contributed by atoms with Gasteiger partial charge in [0.15, 0.2) is 0 Å². The maximum absolute atomic E-state index is 6.16. The number of hydrogen-bond donors (Lipinski definition) is 0. The molecule has 0 unspecified atom stereocenters. The second kappa shape index (κ2) is 8.06. The molecule has 0 heterocycles. The molecule has 30 heavy (non-hydrogen) atoms. The smallest absolute Gasteiger partial charge is 0.0546 e. The van der Waals surface area contributed by atoms with Crippen LogP contribution in [0.1, 0.15) is 22.3 Å². The van der Waals surface area contributed by atoms with E-state index in [1.165, 1.54) is 22.3 Å². The second-order valence-electron chi connectivity index (χ2n) is 7.29. The zero-order chi connectivity index (χ0) is 20.3. The molecule has 0 aromatic heterocycles. The van der Waals surface area contributed by atoms with Gasteiger partial charge in [0.2, 0.25) is 0 Å². The molecular formula is C29H20S. The van der Waals surface area contributed by atoms with Gasteiger partial charge in [0.05, 0.1) is 4.86 Å². The van der Waals surface area contributed by atoms with Crippen molar-refractivity contribution in [2.75, 3.05) is 0 Å². The third kappa shape index (κ3) is 3.24. The molecule has 4 aromatic carbocycles. The lowest BCUT2D eigenvalue weighted by Gasteiger charge is -2.14. The molecule has 1 heteroatoms. The van der Waals surface area contributed by atoms with Crippen LogP contribution in [0.3, 0.4) is 0 Å². The van der Waals surface area contributed by atoms with E-state index in [1.807, 2.05) is 12.1 Å². The maximum atomic E-state index is 6.16. The van der Waals surface area contributed by atoms with E-state index in [0.717, 1.165) is 27.1 Å². The van der Waals surface area contributed by atoms with Crippen molar-refractivity contribution in [1.82, 2.24) is 0 Å². The van der Waals surface area contributed by atoms with Gasteiger partial charge >= 0.3 is 0 Å². The fourth-order valence-corrected chi connectivity index (χ4v) is 4.59. The Kier molecular flexibility index (Phi) is 4.96. The first kappa shape index (κ1) is 18.5. The van der Waals surface area contributed by atoms with Gasteiger partial charge in [-0.25, -0.2) is 0 Å². The van der Waals surface area contributed by atoms with Crippen LogP contribution in [-0.4, -0.2) is 4.86 Å². The van der Waals surface area contributed by atoms with Gasteiger partial charge in [-0.1, -0.05) is 134 Å². The highest BCUT2D eigenvalue weighted by molar-refractivity contribution is 7.82. The number of thiocarbonyl (C=S) groups is 1. The van der Waals surface area contributed by atoms with Crippen LogP contribution in [0.5, 0.6) is 0 Å². The summed E-state index contributed by atoms with van der Waals surface area (Å²) in [7, 11) is 0. The van der Waals surface area contributed by atoms with Crippen LogP contribution in [0.2, 0.25) is 0 Å². The topological polar surface area (TPSA) is 0 Å². The number of rotatable bonds is 4. The van der Waals surface area contributed by atoms with Crippen LogP contribution >= 0.6 is 12.2 Å². The number of benzene rings is 4. The minimum absolute atomic E-state index is 0.908. The highest BCUT2D eigenvalue weighted by Crippen LogP contribution is 2.50. The summed E-state index contributed by atoms with van der Waals surface area (Å²) in [5.74, 6) is 0. The molecule has 0 saturated carbocycles. The summed E-state index contributed by atoms with van der Waals surface area (Å²) in [4.78, 5) is 0.908. The highest BCUT2D eigenvalue weighted by atomic mass is 32.1. The van der Waals surface area contributed by atoms with Gasteiger partial charge in [-0.2, -0.15) is 0 Å². The molecule has 0 saturated heterocycles. The predicted molar refractivity (Wildman–Crippen MR) is 132 cm³/mol. The van der Waals surface area contributed by atoms with Gasteiger partial charge in [-0.15, -0.1) is 0 Å². The summed E-state index contributed by atoms with van der Waals surface area (Å²) in [6.45, 7) is 0. The average molecular weight is 401 g/mol. The summed E-state index contributed by atoms with van der Waals surface area (Å²) in [6, 6.07) is 42.2. The molecule has 0 radical (unpaired) electrons. The Hall–Kier alpha value is -3.55. The number of allylic oxidation sites excluding steroid dienone is 4. The first-order chi connectivity index (χ1) is 14.8. The van der Waals surface area contributed by atoms with Crippen LogP contribution < -0.4 is 0 Å². The maximum Gasteiger partial charge on any atom is 0.0546 e. The highest BCUT2D eigenvalue weighted by Gasteiger charge is 2.32. The Morgan fingerprint density at radius 3 is 0.800 bits per heavy atom. The molecule has 0 nitrogen and oxygen atoms in total. The Bertz CT molecular complexity index is 1150. The standard InChI is InChI=1S/C29H20S/c30-29-27(23-17-9-3-10-18-23)25(21-13-5-1-6-14-21)26(22-15-7-2-8-16-22)28(29)24-19-11-4-12-20-24/h1-20H. The largest absolute Gasteiger partial charge is 0.0787 e. The molecule has 0 atom stereocenters. The zero-order valence-corrected chi connectivity index (χ0v) is 17.3. The summed E-state index contributed by atoms with van der Waals surface area (Å²) < 4.78 is 0. The average Bonchev–Trinajstić information content (AvgIpc) is 3.14. The monoisotopic (exact) mass is 400 g/mol. The lowest BCUT2D eigenvalue weighted by atomic mass is 9.89. The molecule has 1 aliphatic carbocycles. The molecule has 0 N–H and O–H groups in total. The normalized spacial score (nSPS) is 13.8. The molecule has 0 amide bonds. The second-order valence-corrected chi connectivity index (χ2v) is 7.70. The number of hydrogen-bond acceptors (Lipinski definition) is 1. The van der Waals surface area contributed by atoms with Crippen molar-refractivity contribution >= 4 is 39.4 Å².